The molecule has 23 heavy (non-hydrogen) atoms. The third kappa shape index (κ3) is 4.51. The molecular weight excluding hydrogens is 316 g/mol. The first kappa shape index (κ1) is 16.9. The Morgan fingerprint density at radius 3 is 2.57 bits per heavy atom. The summed E-state index contributed by atoms with van der Waals surface area (Å²) in [5.74, 6) is -0.370. The molecule has 2 rings (SSSR count). The average molecular weight is 334 g/mol. The molecule has 1 aromatic heterocycles. The molecule has 0 aliphatic heterocycles. The number of benzene rings is 1. The van der Waals surface area contributed by atoms with Crippen LogP contribution in [0.25, 0.3) is 0 Å². The molecule has 1 amide bonds. The summed E-state index contributed by atoms with van der Waals surface area (Å²) in [6.45, 7) is 0.307. The van der Waals surface area contributed by atoms with Gasteiger partial charge in [0.15, 0.2) is 0 Å². The van der Waals surface area contributed by atoms with Gasteiger partial charge in [-0.15, -0.1) is 0 Å². The number of pyridine rings is 1. The maximum absolute atomic E-state index is 12.3. The fourth-order valence-electron chi connectivity index (χ4n) is 1.78. The Labute approximate surface area is 135 Å². The molecule has 0 bridgehead atoms. The highest BCUT2D eigenvalue weighted by atomic mass is 32.2. The fraction of sp³-hybridized carbons (Fsp3) is 0.200. The zero-order valence-electron chi connectivity index (χ0n) is 12.9. The molecular formula is C15H18N4O3S. The number of anilines is 1. The van der Waals surface area contributed by atoms with E-state index in [1.807, 2.05) is 6.07 Å². The van der Waals surface area contributed by atoms with Crippen molar-refractivity contribution in [2.24, 2.45) is 0 Å². The number of carbonyl (C=O) groups excluding carboxylic acids is 1. The van der Waals surface area contributed by atoms with E-state index in [4.69, 9.17) is 0 Å². The monoisotopic (exact) mass is 334 g/mol. The van der Waals surface area contributed by atoms with Crippen LogP contribution in [0.5, 0.6) is 0 Å². The lowest BCUT2D eigenvalue weighted by molar-refractivity contribution is 0.0952. The number of aromatic nitrogens is 1. The Bertz CT molecular complexity index is 776. The van der Waals surface area contributed by atoms with E-state index in [0.29, 0.717) is 6.54 Å². The standard InChI is InChI=1S/C15H18N4O3S/c1-19(2)23(21,22)18-14-8-4-3-7-13(14)15(20)17-11-12-6-5-9-16-10-12/h3-10,18H,11H2,1-2H3,(H,17,20). The molecule has 0 radical (unpaired) electrons. The van der Waals surface area contributed by atoms with Crippen molar-refractivity contribution < 1.29 is 13.2 Å². The molecule has 0 atom stereocenters. The quantitative estimate of drug-likeness (QED) is 0.831. The van der Waals surface area contributed by atoms with E-state index < -0.39 is 10.2 Å². The number of nitrogens with one attached hydrogen (secondary N) is 2. The molecule has 2 aromatic rings. The molecule has 2 N–H and O–H groups in total. The normalized spacial score (nSPS) is 11.3. The van der Waals surface area contributed by atoms with Gasteiger partial charge < -0.3 is 5.32 Å². The van der Waals surface area contributed by atoms with Gasteiger partial charge in [0.05, 0.1) is 11.3 Å². The van der Waals surface area contributed by atoms with Crippen LogP contribution in [-0.4, -0.2) is 37.7 Å². The molecule has 0 aliphatic carbocycles. The Morgan fingerprint density at radius 2 is 1.91 bits per heavy atom. The van der Waals surface area contributed by atoms with Crippen molar-refractivity contribution in [2.75, 3.05) is 18.8 Å². The van der Waals surface area contributed by atoms with E-state index in [2.05, 4.69) is 15.0 Å². The number of rotatable bonds is 6. The van der Waals surface area contributed by atoms with Gasteiger partial charge in [0.1, 0.15) is 0 Å². The fourth-order valence-corrected chi connectivity index (χ4v) is 2.42. The molecule has 1 heterocycles. The highest BCUT2D eigenvalue weighted by Gasteiger charge is 2.18. The van der Waals surface area contributed by atoms with Crippen molar-refractivity contribution in [3.8, 4) is 0 Å². The maximum atomic E-state index is 12.3. The third-order valence-corrected chi connectivity index (χ3v) is 4.51. The summed E-state index contributed by atoms with van der Waals surface area (Å²) in [5.41, 5.74) is 1.33. The Morgan fingerprint density at radius 1 is 1.17 bits per heavy atom. The second kappa shape index (κ2) is 7.21. The van der Waals surface area contributed by atoms with E-state index in [9.17, 15) is 13.2 Å². The van der Waals surface area contributed by atoms with Crippen LogP contribution in [0.1, 0.15) is 15.9 Å². The SMILES string of the molecule is CN(C)S(=O)(=O)Nc1ccccc1C(=O)NCc1cccnc1. The maximum Gasteiger partial charge on any atom is 0.301 e. The third-order valence-electron chi connectivity index (χ3n) is 3.07. The predicted octanol–water partition coefficient (Wildman–Crippen LogP) is 1.23. The van der Waals surface area contributed by atoms with Gasteiger partial charge in [-0.05, 0) is 23.8 Å². The number of nitrogens with zero attached hydrogens (tertiary/aromatic N) is 2. The minimum atomic E-state index is -3.68. The van der Waals surface area contributed by atoms with Crippen molar-refractivity contribution in [1.82, 2.24) is 14.6 Å². The van der Waals surface area contributed by atoms with Gasteiger partial charge in [-0.3, -0.25) is 14.5 Å². The summed E-state index contributed by atoms with van der Waals surface area (Å²) in [5, 5.41) is 2.74. The molecule has 0 fully saturated rings. The lowest BCUT2D eigenvalue weighted by Gasteiger charge is -2.16. The van der Waals surface area contributed by atoms with Gasteiger partial charge in [-0.2, -0.15) is 12.7 Å². The minimum absolute atomic E-state index is 0.227. The molecule has 1 aromatic carbocycles. The molecule has 0 saturated heterocycles. The van der Waals surface area contributed by atoms with Crippen molar-refractivity contribution >= 4 is 21.8 Å². The summed E-state index contributed by atoms with van der Waals surface area (Å²) < 4.78 is 27.3. The number of hydrogen-bond donors (Lipinski definition) is 2. The lowest BCUT2D eigenvalue weighted by Crippen LogP contribution is -2.30. The highest BCUT2D eigenvalue weighted by molar-refractivity contribution is 7.90. The molecule has 0 aliphatic rings. The molecule has 7 nitrogen and oxygen atoms in total. The number of carbonyl (C=O) groups is 1. The largest absolute Gasteiger partial charge is 0.348 e. The summed E-state index contributed by atoms with van der Waals surface area (Å²) in [4.78, 5) is 16.3. The predicted molar refractivity (Wildman–Crippen MR) is 88.1 cm³/mol. The van der Waals surface area contributed by atoms with Crippen LogP contribution in [0.4, 0.5) is 5.69 Å². The second-order valence-corrected chi connectivity index (χ2v) is 6.86. The highest BCUT2D eigenvalue weighted by Crippen LogP contribution is 2.17. The lowest BCUT2D eigenvalue weighted by atomic mass is 10.1. The van der Waals surface area contributed by atoms with Gasteiger partial charge in [0, 0.05) is 33.0 Å². The van der Waals surface area contributed by atoms with Crippen LogP contribution >= 0.6 is 0 Å². The first-order chi connectivity index (χ1) is 10.9. The van der Waals surface area contributed by atoms with Crippen molar-refractivity contribution in [3.05, 3.63) is 59.9 Å². The van der Waals surface area contributed by atoms with Gasteiger partial charge in [0.25, 0.3) is 5.91 Å². The zero-order valence-corrected chi connectivity index (χ0v) is 13.7. The van der Waals surface area contributed by atoms with Crippen LogP contribution in [-0.2, 0) is 16.8 Å². The van der Waals surface area contributed by atoms with Crippen molar-refractivity contribution in [3.63, 3.8) is 0 Å². The summed E-state index contributed by atoms with van der Waals surface area (Å²) in [6, 6.07) is 10.1. The van der Waals surface area contributed by atoms with Gasteiger partial charge in [-0.1, -0.05) is 18.2 Å². The van der Waals surface area contributed by atoms with Crippen LogP contribution in [0.2, 0.25) is 0 Å². The first-order valence-electron chi connectivity index (χ1n) is 6.86. The van der Waals surface area contributed by atoms with E-state index in [-0.39, 0.29) is 17.2 Å². The minimum Gasteiger partial charge on any atom is -0.348 e. The van der Waals surface area contributed by atoms with Crippen LogP contribution in [0.15, 0.2) is 48.8 Å². The van der Waals surface area contributed by atoms with Gasteiger partial charge in [0.2, 0.25) is 0 Å². The van der Waals surface area contributed by atoms with E-state index in [1.54, 1.807) is 42.7 Å². The van der Waals surface area contributed by atoms with Gasteiger partial charge in [-0.25, -0.2) is 0 Å². The molecule has 8 heteroatoms. The van der Waals surface area contributed by atoms with Crippen molar-refractivity contribution in [1.29, 1.82) is 0 Å². The van der Waals surface area contributed by atoms with E-state index >= 15 is 0 Å². The van der Waals surface area contributed by atoms with Crippen LogP contribution in [0, 0.1) is 0 Å². The first-order valence-corrected chi connectivity index (χ1v) is 8.30. The average Bonchev–Trinajstić information content (AvgIpc) is 2.53. The smallest absolute Gasteiger partial charge is 0.301 e. The van der Waals surface area contributed by atoms with Crippen LogP contribution < -0.4 is 10.0 Å². The Hall–Kier alpha value is -2.45. The Balaban J connectivity index is 2.15. The van der Waals surface area contributed by atoms with Crippen molar-refractivity contribution in [2.45, 2.75) is 6.54 Å². The zero-order chi connectivity index (χ0) is 16.9. The molecule has 122 valence electrons. The van der Waals surface area contributed by atoms with E-state index in [1.165, 1.54) is 14.1 Å². The number of amides is 1. The topological polar surface area (TPSA) is 91.4 Å². The van der Waals surface area contributed by atoms with Crippen LogP contribution in [0.3, 0.4) is 0 Å². The summed E-state index contributed by atoms with van der Waals surface area (Å²) >= 11 is 0. The Kier molecular flexibility index (Phi) is 5.30. The number of hydrogen-bond acceptors (Lipinski definition) is 4. The number of para-hydroxylation sites is 1. The van der Waals surface area contributed by atoms with E-state index in [0.717, 1.165) is 9.87 Å². The molecule has 0 saturated carbocycles. The summed E-state index contributed by atoms with van der Waals surface area (Å²) in [7, 11) is -0.861. The van der Waals surface area contributed by atoms with Gasteiger partial charge >= 0.3 is 10.2 Å². The molecule has 0 unspecified atom stereocenters. The second-order valence-electron chi connectivity index (χ2n) is 4.98. The summed E-state index contributed by atoms with van der Waals surface area (Å²) in [6.07, 6.45) is 3.30. The molecule has 0 spiro atoms.